The second-order valence-electron chi connectivity index (χ2n) is 4.55. The number of rotatable bonds is 8. The largest absolute Gasteiger partial charge is 0.368 e. The number of amides is 2. The SMILES string of the molecule is C=CCCC[C@@H](NC(=O)Cc1ccc(F)cc1)C(N)=O. The Morgan fingerprint density at radius 1 is 1.35 bits per heavy atom. The first-order chi connectivity index (χ1) is 9.52. The van der Waals surface area contributed by atoms with Gasteiger partial charge in [-0.1, -0.05) is 18.2 Å². The Morgan fingerprint density at radius 3 is 2.55 bits per heavy atom. The van der Waals surface area contributed by atoms with E-state index in [9.17, 15) is 14.0 Å². The molecule has 0 aliphatic heterocycles. The molecular formula is C15H19FN2O2. The molecule has 4 nitrogen and oxygen atoms in total. The number of halogens is 1. The highest BCUT2D eigenvalue weighted by Crippen LogP contribution is 2.05. The number of unbranched alkanes of at least 4 members (excludes halogenated alkanes) is 1. The molecule has 20 heavy (non-hydrogen) atoms. The number of nitrogens with one attached hydrogen (secondary N) is 1. The maximum Gasteiger partial charge on any atom is 0.239 e. The van der Waals surface area contributed by atoms with E-state index in [4.69, 9.17) is 5.73 Å². The van der Waals surface area contributed by atoms with Crippen molar-refractivity contribution in [3.05, 3.63) is 48.3 Å². The van der Waals surface area contributed by atoms with Crippen LogP contribution in [0.3, 0.4) is 0 Å². The van der Waals surface area contributed by atoms with E-state index in [0.29, 0.717) is 12.0 Å². The summed E-state index contributed by atoms with van der Waals surface area (Å²) in [6.07, 6.45) is 3.81. The van der Waals surface area contributed by atoms with Crippen LogP contribution in [0.15, 0.2) is 36.9 Å². The highest BCUT2D eigenvalue weighted by atomic mass is 19.1. The second-order valence-corrected chi connectivity index (χ2v) is 4.55. The number of hydrogen-bond donors (Lipinski definition) is 2. The van der Waals surface area contributed by atoms with Gasteiger partial charge in [0, 0.05) is 0 Å². The van der Waals surface area contributed by atoms with E-state index in [1.54, 1.807) is 6.08 Å². The van der Waals surface area contributed by atoms with Crippen LogP contribution < -0.4 is 11.1 Å². The number of primary amides is 1. The number of nitrogens with two attached hydrogens (primary N) is 1. The fourth-order valence-corrected chi connectivity index (χ4v) is 1.78. The summed E-state index contributed by atoms with van der Waals surface area (Å²) in [5.74, 6) is -1.21. The van der Waals surface area contributed by atoms with Gasteiger partial charge in [0.05, 0.1) is 6.42 Å². The number of hydrogen-bond acceptors (Lipinski definition) is 2. The molecule has 0 unspecified atom stereocenters. The molecule has 0 heterocycles. The van der Waals surface area contributed by atoms with Crippen LogP contribution in [0.25, 0.3) is 0 Å². The van der Waals surface area contributed by atoms with E-state index >= 15 is 0 Å². The molecule has 0 radical (unpaired) electrons. The Balaban J connectivity index is 2.50. The number of carbonyl (C=O) groups excluding carboxylic acids is 2. The van der Waals surface area contributed by atoms with Crippen LogP contribution in [0.5, 0.6) is 0 Å². The van der Waals surface area contributed by atoms with E-state index in [2.05, 4.69) is 11.9 Å². The molecular weight excluding hydrogens is 259 g/mol. The summed E-state index contributed by atoms with van der Waals surface area (Å²) in [7, 11) is 0. The average molecular weight is 278 g/mol. The van der Waals surface area contributed by atoms with Gasteiger partial charge in [-0.3, -0.25) is 9.59 Å². The van der Waals surface area contributed by atoms with E-state index in [1.165, 1.54) is 24.3 Å². The Morgan fingerprint density at radius 2 is 2.00 bits per heavy atom. The van der Waals surface area contributed by atoms with Crippen LogP contribution >= 0.6 is 0 Å². The summed E-state index contributed by atoms with van der Waals surface area (Å²) >= 11 is 0. The monoisotopic (exact) mass is 278 g/mol. The van der Waals surface area contributed by atoms with Crippen LogP contribution in [-0.4, -0.2) is 17.9 Å². The van der Waals surface area contributed by atoms with E-state index in [-0.39, 0.29) is 18.1 Å². The van der Waals surface area contributed by atoms with Crippen LogP contribution in [0.2, 0.25) is 0 Å². The number of allylic oxidation sites excluding steroid dienone is 1. The topological polar surface area (TPSA) is 72.2 Å². The maximum atomic E-state index is 12.7. The molecule has 1 aromatic carbocycles. The van der Waals surface area contributed by atoms with Gasteiger partial charge in [0.1, 0.15) is 11.9 Å². The van der Waals surface area contributed by atoms with E-state index in [1.807, 2.05) is 0 Å². The van der Waals surface area contributed by atoms with Crippen LogP contribution in [-0.2, 0) is 16.0 Å². The molecule has 1 atom stereocenters. The summed E-state index contributed by atoms with van der Waals surface area (Å²) in [4.78, 5) is 23.1. The van der Waals surface area contributed by atoms with E-state index in [0.717, 1.165) is 12.8 Å². The molecule has 0 bridgehead atoms. The molecule has 0 spiro atoms. The van der Waals surface area contributed by atoms with Gasteiger partial charge in [0.15, 0.2) is 0 Å². The van der Waals surface area contributed by atoms with Gasteiger partial charge in [0.2, 0.25) is 11.8 Å². The normalized spacial score (nSPS) is 11.7. The summed E-state index contributed by atoms with van der Waals surface area (Å²) in [5, 5.41) is 2.60. The zero-order chi connectivity index (χ0) is 15.0. The van der Waals surface area contributed by atoms with Crippen molar-refractivity contribution >= 4 is 11.8 Å². The third kappa shape index (κ3) is 5.65. The minimum absolute atomic E-state index is 0.0888. The fraction of sp³-hybridized carbons (Fsp3) is 0.333. The molecule has 0 aliphatic rings. The molecule has 0 aliphatic carbocycles. The van der Waals surface area contributed by atoms with Gasteiger partial charge in [-0.15, -0.1) is 6.58 Å². The molecule has 5 heteroatoms. The van der Waals surface area contributed by atoms with Crippen molar-refractivity contribution in [2.45, 2.75) is 31.7 Å². The minimum atomic E-state index is -0.678. The van der Waals surface area contributed by atoms with Gasteiger partial charge in [0.25, 0.3) is 0 Å². The molecule has 1 rings (SSSR count). The van der Waals surface area contributed by atoms with Gasteiger partial charge >= 0.3 is 0 Å². The first-order valence-electron chi connectivity index (χ1n) is 6.47. The smallest absolute Gasteiger partial charge is 0.239 e. The van der Waals surface area contributed by atoms with Crippen molar-refractivity contribution in [2.24, 2.45) is 5.73 Å². The van der Waals surface area contributed by atoms with Gasteiger partial charge in [-0.2, -0.15) is 0 Å². The maximum absolute atomic E-state index is 12.7. The van der Waals surface area contributed by atoms with Crippen LogP contribution in [0.4, 0.5) is 4.39 Å². The Kier molecular flexibility index (Phi) is 6.43. The molecule has 1 aromatic rings. The zero-order valence-corrected chi connectivity index (χ0v) is 11.3. The lowest BCUT2D eigenvalue weighted by molar-refractivity contribution is -0.127. The number of carbonyl (C=O) groups is 2. The van der Waals surface area contributed by atoms with Crippen LogP contribution in [0.1, 0.15) is 24.8 Å². The van der Waals surface area contributed by atoms with Crippen molar-refractivity contribution in [3.63, 3.8) is 0 Å². The number of benzene rings is 1. The predicted octanol–water partition coefficient (Wildman–Crippen LogP) is 1.69. The van der Waals surface area contributed by atoms with Gasteiger partial charge < -0.3 is 11.1 Å². The first kappa shape index (κ1) is 15.9. The van der Waals surface area contributed by atoms with Gasteiger partial charge in [-0.05, 0) is 37.0 Å². The molecule has 0 saturated heterocycles. The van der Waals surface area contributed by atoms with Crippen molar-refractivity contribution in [1.82, 2.24) is 5.32 Å². The Labute approximate surface area is 117 Å². The van der Waals surface area contributed by atoms with Crippen molar-refractivity contribution in [2.75, 3.05) is 0 Å². The molecule has 3 N–H and O–H groups in total. The molecule has 0 saturated carbocycles. The summed E-state index contributed by atoms with van der Waals surface area (Å²) < 4.78 is 12.7. The lowest BCUT2D eigenvalue weighted by atomic mass is 10.1. The first-order valence-corrected chi connectivity index (χ1v) is 6.47. The standard InChI is InChI=1S/C15H19FN2O2/c1-2-3-4-5-13(15(17)20)18-14(19)10-11-6-8-12(16)9-7-11/h2,6-9,13H,1,3-5,10H2,(H2,17,20)(H,18,19)/t13-/m1/s1. The quantitative estimate of drug-likeness (QED) is 0.561. The molecule has 2 amide bonds. The van der Waals surface area contributed by atoms with Crippen LogP contribution in [0, 0.1) is 5.82 Å². The highest BCUT2D eigenvalue weighted by Gasteiger charge is 2.17. The predicted molar refractivity (Wildman–Crippen MR) is 75.3 cm³/mol. The molecule has 108 valence electrons. The molecule has 0 fully saturated rings. The van der Waals surface area contributed by atoms with Crippen molar-refractivity contribution in [1.29, 1.82) is 0 Å². The fourth-order valence-electron chi connectivity index (χ4n) is 1.78. The average Bonchev–Trinajstić information content (AvgIpc) is 2.40. The Bertz CT molecular complexity index is 471. The lowest BCUT2D eigenvalue weighted by Crippen LogP contribution is -2.44. The summed E-state index contributed by atoms with van der Waals surface area (Å²) in [5.41, 5.74) is 5.93. The summed E-state index contributed by atoms with van der Waals surface area (Å²) in [6, 6.07) is 4.97. The van der Waals surface area contributed by atoms with E-state index < -0.39 is 11.9 Å². The third-order valence-electron chi connectivity index (χ3n) is 2.86. The van der Waals surface area contributed by atoms with Crippen molar-refractivity contribution < 1.29 is 14.0 Å². The second kappa shape index (κ2) is 8.09. The minimum Gasteiger partial charge on any atom is -0.368 e. The van der Waals surface area contributed by atoms with Crippen molar-refractivity contribution in [3.8, 4) is 0 Å². The molecule has 0 aromatic heterocycles. The lowest BCUT2D eigenvalue weighted by Gasteiger charge is -2.15. The Hall–Kier alpha value is -2.17. The highest BCUT2D eigenvalue weighted by molar-refractivity contribution is 5.87. The third-order valence-corrected chi connectivity index (χ3v) is 2.86. The summed E-state index contributed by atoms with van der Waals surface area (Å²) in [6.45, 7) is 3.59. The van der Waals surface area contributed by atoms with Gasteiger partial charge in [-0.25, -0.2) is 4.39 Å². The zero-order valence-electron chi connectivity index (χ0n) is 11.3.